The summed E-state index contributed by atoms with van der Waals surface area (Å²) in [5.74, 6) is 0. The van der Waals surface area contributed by atoms with Crippen molar-refractivity contribution in [2.75, 3.05) is 13.6 Å². The van der Waals surface area contributed by atoms with Crippen LogP contribution in [-0.4, -0.2) is 18.5 Å². The lowest BCUT2D eigenvalue weighted by Crippen LogP contribution is -2.23. The highest BCUT2D eigenvalue weighted by molar-refractivity contribution is 6.31. The lowest BCUT2D eigenvalue weighted by atomic mass is 10.0. The molecule has 1 unspecified atom stereocenters. The molecule has 0 aliphatic carbocycles. The minimum absolute atomic E-state index is 0.00241. The molecule has 0 heterocycles. The van der Waals surface area contributed by atoms with Gasteiger partial charge in [0.1, 0.15) is 0 Å². The van der Waals surface area contributed by atoms with Gasteiger partial charge in [0, 0.05) is 22.6 Å². The maximum absolute atomic E-state index is 6.22. The molecule has 0 aliphatic rings. The summed E-state index contributed by atoms with van der Waals surface area (Å²) in [6, 6.07) is 15.7. The third-order valence-corrected chi connectivity index (χ3v) is 4.10. The van der Waals surface area contributed by atoms with Crippen molar-refractivity contribution < 1.29 is 0 Å². The summed E-state index contributed by atoms with van der Waals surface area (Å²) in [5, 5.41) is 1.54. The quantitative estimate of drug-likeness (QED) is 0.847. The first-order chi connectivity index (χ1) is 10.1. The van der Waals surface area contributed by atoms with E-state index in [0.717, 1.165) is 40.7 Å². The molecule has 4 heteroatoms. The van der Waals surface area contributed by atoms with Crippen LogP contribution in [0.15, 0.2) is 48.5 Å². The number of benzene rings is 2. The van der Waals surface area contributed by atoms with Crippen LogP contribution in [0.3, 0.4) is 0 Å². The first-order valence-corrected chi connectivity index (χ1v) is 7.75. The maximum atomic E-state index is 6.22. The van der Waals surface area contributed by atoms with Crippen molar-refractivity contribution in [2.45, 2.75) is 19.0 Å². The van der Waals surface area contributed by atoms with Gasteiger partial charge in [-0.1, -0.05) is 53.5 Å². The number of halogens is 2. The van der Waals surface area contributed by atoms with Crippen molar-refractivity contribution in [3.05, 3.63) is 69.7 Å². The molecule has 0 spiro atoms. The number of hydrogen-bond donors (Lipinski definition) is 1. The average molecular weight is 323 g/mol. The maximum Gasteiger partial charge on any atom is 0.0451 e. The van der Waals surface area contributed by atoms with E-state index in [9.17, 15) is 0 Å². The standard InChI is InChI=1S/C17H20Cl2N2/c1-21(12-14-5-2-3-8-16(14)19)10-9-17(20)13-6-4-7-15(18)11-13/h2-8,11,17H,9-10,12,20H2,1H3. The highest BCUT2D eigenvalue weighted by Gasteiger charge is 2.09. The van der Waals surface area contributed by atoms with Crippen molar-refractivity contribution in [1.29, 1.82) is 0 Å². The van der Waals surface area contributed by atoms with E-state index in [1.54, 1.807) is 0 Å². The van der Waals surface area contributed by atoms with Gasteiger partial charge < -0.3 is 10.6 Å². The Kier molecular flexibility index (Phi) is 6.07. The summed E-state index contributed by atoms with van der Waals surface area (Å²) < 4.78 is 0. The second-order valence-corrected chi connectivity index (χ2v) is 6.12. The molecular formula is C17H20Cl2N2. The molecule has 0 bridgehead atoms. The predicted octanol–water partition coefficient (Wildman–Crippen LogP) is 4.52. The van der Waals surface area contributed by atoms with Gasteiger partial charge in [-0.05, 0) is 49.3 Å². The van der Waals surface area contributed by atoms with Gasteiger partial charge >= 0.3 is 0 Å². The van der Waals surface area contributed by atoms with E-state index in [0.29, 0.717) is 0 Å². The molecular weight excluding hydrogens is 303 g/mol. The number of hydrogen-bond acceptors (Lipinski definition) is 2. The highest BCUT2D eigenvalue weighted by atomic mass is 35.5. The van der Waals surface area contributed by atoms with Crippen molar-refractivity contribution in [3.63, 3.8) is 0 Å². The number of rotatable bonds is 6. The van der Waals surface area contributed by atoms with E-state index >= 15 is 0 Å². The summed E-state index contributed by atoms with van der Waals surface area (Å²) in [4.78, 5) is 2.23. The van der Waals surface area contributed by atoms with Crippen LogP contribution in [-0.2, 0) is 6.54 Å². The highest BCUT2D eigenvalue weighted by Crippen LogP contribution is 2.20. The molecule has 0 radical (unpaired) electrons. The van der Waals surface area contributed by atoms with Crippen LogP contribution in [0, 0.1) is 0 Å². The minimum atomic E-state index is -0.00241. The molecule has 0 amide bonds. The first-order valence-electron chi connectivity index (χ1n) is 6.99. The van der Waals surface area contributed by atoms with E-state index in [4.69, 9.17) is 28.9 Å². The smallest absolute Gasteiger partial charge is 0.0451 e. The van der Waals surface area contributed by atoms with Gasteiger partial charge in [0.15, 0.2) is 0 Å². The molecule has 2 rings (SSSR count). The Morgan fingerprint density at radius 2 is 1.86 bits per heavy atom. The van der Waals surface area contributed by atoms with Gasteiger partial charge in [-0.15, -0.1) is 0 Å². The summed E-state index contributed by atoms with van der Waals surface area (Å²) in [5.41, 5.74) is 8.44. The number of nitrogens with zero attached hydrogens (tertiary/aromatic N) is 1. The minimum Gasteiger partial charge on any atom is -0.324 e. The topological polar surface area (TPSA) is 29.3 Å². The summed E-state index contributed by atoms with van der Waals surface area (Å²) in [7, 11) is 2.08. The lowest BCUT2D eigenvalue weighted by Gasteiger charge is -2.20. The van der Waals surface area contributed by atoms with Crippen LogP contribution in [0.1, 0.15) is 23.6 Å². The second-order valence-electron chi connectivity index (χ2n) is 5.28. The van der Waals surface area contributed by atoms with Crippen molar-refractivity contribution >= 4 is 23.2 Å². The monoisotopic (exact) mass is 322 g/mol. The summed E-state index contributed by atoms with van der Waals surface area (Å²) in [6.07, 6.45) is 0.876. The Balaban J connectivity index is 1.86. The molecule has 2 aromatic rings. The van der Waals surface area contributed by atoms with Crippen LogP contribution in [0.4, 0.5) is 0 Å². The van der Waals surface area contributed by atoms with Gasteiger partial charge in [0.2, 0.25) is 0 Å². The van der Waals surface area contributed by atoms with Gasteiger partial charge in [0.05, 0.1) is 0 Å². The molecule has 2 nitrogen and oxygen atoms in total. The largest absolute Gasteiger partial charge is 0.324 e. The zero-order valence-corrected chi connectivity index (χ0v) is 13.6. The van der Waals surface area contributed by atoms with E-state index < -0.39 is 0 Å². The van der Waals surface area contributed by atoms with Crippen molar-refractivity contribution in [2.24, 2.45) is 5.73 Å². The average Bonchev–Trinajstić information content (AvgIpc) is 2.47. The van der Waals surface area contributed by atoms with Crippen molar-refractivity contribution in [3.8, 4) is 0 Å². The molecule has 0 aromatic heterocycles. The molecule has 112 valence electrons. The van der Waals surface area contributed by atoms with Crippen molar-refractivity contribution in [1.82, 2.24) is 4.90 Å². The second kappa shape index (κ2) is 7.81. The van der Waals surface area contributed by atoms with E-state index in [2.05, 4.69) is 18.0 Å². The van der Waals surface area contributed by atoms with E-state index in [1.807, 2.05) is 42.5 Å². The van der Waals surface area contributed by atoms with E-state index in [-0.39, 0.29) is 6.04 Å². The molecule has 1 atom stereocenters. The molecule has 0 saturated carbocycles. The molecule has 2 aromatic carbocycles. The van der Waals surface area contributed by atoms with Gasteiger partial charge in [-0.25, -0.2) is 0 Å². The molecule has 0 fully saturated rings. The van der Waals surface area contributed by atoms with Crippen LogP contribution in [0.5, 0.6) is 0 Å². The fraction of sp³-hybridized carbons (Fsp3) is 0.294. The third kappa shape index (κ3) is 5.01. The fourth-order valence-corrected chi connectivity index (χ4v) is 2.65. The van der Waals surface area contributed by atoms with Gasteiger partial charge in [-0.3, -0.25) is 0 Å². The first kappa shape index (κ1) is 16.3. The zero-order valence-electron chi connectivity index (χ0n) is 12.1. The zero-order chi connectivity index (χ0) is 15.2. The Bertz CT molecular complexity index is 587. The SMILES string of the molecule is CN(CCC(N)c1cccc(Cl)c1)Cc1ccccc1Cl. The number of nitrogens with two attached hydrogens (primary N) is 1. The molecule has 21 heavy (non-hydrogen) atoms. The van der Waals surface area contributed by atoms with Crippen LogP contribution < -0.4 is 5.73 Å². The Morgan fingerprint density at radius 1 is 1.10 bits per heavy atom. The van der Waals surface area contributed by atoms with Crippen LogP contribution in [0.25, 0.3) is 0 Å². The molecule has 2 N–H and O–H groups in total. The predicted molar refractivity (Wildman–Crippen MR) is 90.8 cm³/mol. The third-order valence-electron chi connectivity index (χ3n) is 3.50. The van der Waals surface area contributed by atoms with E-state index in [1.165, 1.54) is 0 Å². The molecule has 0 aliphatic heterocycles. The van der Waals surface area contributed by atoms with Crippen LogP contribution in [0.2, 0.25) is 10.0 Å². The summed E-state index contributed by atoms with van der Waals surface area (Å²) >= 11 is 12.2. The Hall–Kier alpha value is -1.06. The van der Waals surface area contributed by atoms with Gasteiger partial charge in [0.25, 0.3) is 0 Å². The normalized spacial score (nSPS) is 12.6. The lowest BCUT2D eigenvalue weighted by molar-refractivity contribution is 0.311. The van der Waals surface area contributed by atoms with Crippen LogP contribution >= 0.6 is 23.2 Å². The van der Waals surface area contributed by atoms with Gasteiger partial charge in [-0.2, -0.15) is 0 Å². The Morgan fingerprint density at radius 3 is 2.57 bits per heavy atom. The fourth-order valence-electron chi connectivity index (χ4n) is 2.26. The molecule has 0 saturated heterocycles. The summed E-state index contributed by atoms with van der Waals surface area (Å²) in [6.45, 7) is 1.72. The Labute approximate surface area is 136 Å².